The fraction of sp³-hybridized carbons (Fsp3) is 0.900. The lowest BCUT2D eigenvalue weighted by molar-refractivity contribution is -0.119. The Hall–Kier alpha value is -0.370. The number of carbonyl (C=O) groups is 1. The van der Waals surface area contributed by atoms with Crippen LogP contribution in [0.15, 0.2) is 0 Å². The zero-order valence-electron chi connectivity index (χ0n) is 7.38. The minimum atomic E-state index is -0.466. The minimum Gasteiger partial charge on any atom is -0.390 e. The van der Waals surface area contributed by atoms with Gasteiger partial charge in [0, 0.05) is 12.8 Å². The van der Waals surface area contributed by atoms with Crippen LogP contribution in [-0.2, 0) is 4.79 Å². The summed E-state index contributed by atoms with van der Waals surface area (Å²) in [6.45, 7) is 0. The summed E-state index contributed by atoms with van der Waals surface area (Å²) in [4.78, 5) is 11.1. The smallest absolute Gasteiger partial charge is 0.133 e. The molecule has 0 saturated heterocycles. The molecule has 12 heavy (non-hydrogen) atoms. The third-order valence-electron chi connectivity index (χ3n) is 3.53. The van der Waals surface area contributed by atoms with Gasteiger partial charge in [-0.3, -0.25) is 4.79 Å². The van der Waals surface area contributed by atoms with Crippen LogP contribution in [0, 0.1) is 5.92 Å². The molecule has 68 valence electrons. The van der Waals surface area contributed by atoms with Crippen molar-refractivity contribution in [2.45, 2.75) is 50.5 Å². The number of aliphatic hydroxyl groups is 1. The predicted molar refractivity (Wildman–Crippen MR) is 45.8 cm³/mol. The zero-order valence-corrected chi connectivity index (χ0v) is 7.38. The Bertz CT molecular complexity index is 200. The maximum absolute atomic E-state index is 11.1. The second-order valence-corrected chi connectivity index (χ2v) is 4.27. The lowest BCUT2D eigenvalue weighted by Gasteiger charge is -2.27. The molecule has 0 spiro atoms. The molecule has 0 amide bonds. The van der Waals surface area contributed by atoms with Gasteiger partial charge in [0.15, 0.2) is 0 Å². The van der Waals surface area contributed by atoms with Crippen molar-refractivity contribution in [3.63, 3.8) is 0 Å². The molecule has 0 heterocycles. The van der Waals surface area contributed by atoms with Crippen molar-refractivity contribution >= 4 is 5.78 Å². The lowest BCUT2D eigenvalue weighted by atomic mass is 9.87. The summed E-state index contributed by atoms with van der Waals surface area (Å²) in [6.07, 6.45) is 6.15. The summed E-state index contributed by atoms with van der Waals surface area (Å²) < 4.78 is 0. The van der Waals surface area contributed by atoms with Crippen LogP contribution in [0.4, 0.5) is 0 Å². The van der Waals surface area contributed by atoms with Crippen LogP contribution in [0.1, 0.15) is 44.9 Å². The first kappa shape index (κ1) is 8.24. The van der Waals surface area contributed by atoms with Crippen molar-refractivity contribution in [2.24, 2.45) is 5.92 Å². The average molecular weight is 168 g/mol. The van der Waals surface area contributed by atoms with E-state index in [1.54, 1.807) is 0 Å². The molecule has 0 aliphatic heterocycles. The maximum Gasteiger partial charge on any atom is 0.133 e. The van der Waals surface area contributed by atoms with Crippen LogP contribution >= 0.6 is 0 Å². The highest BCUT2D eigenvalue weighted by molar-refractivity contribution is 5.78. The molecule has 2 atom stereocenters. The summed E-state index contributed by atoms with van der Waals surface area (Å²) in [6, 6.07) is 0. The third-order valence-corrected chi connectivity index (χ3v) is 3.53. The molecule has 0 bridgehead atoms. The highest BCUT2D eigenvalue weighted by atomic mass is 16.3. The second-order valence-electron chi connectivity index (χ2n) is 4.27. The Morgan fingerprint density at radius 1 is 1.25 bits per heavy atom. The quantitative estimate of drug-likeness (QED) is 0.597. The van der Waals surface area contributed by atoms with Gasteiger partial charge in [0.05, 0.1) is 5.60 Å². The number of fused-ring (bicyclic) bond motifs is 1. The van der Waals surface area contributed by atoms with Crippen LogP contribution in [-0.4, -0.2) is 16.5 Å². The van der Waals surface area contributed by atoms with Gasteiger partial charge in [-0.2, -0.15) is 0 Å². The van der Waals surface area contributed by atoms with E-state index in [-0.39, 0.29) is 0 Å². The maximum atomic E-state index is 11.1. The first-order valence-electron chi connectivity index (χ1n) is 4.95. The molecule has 1 N–H and O–H groups in total. The first-order chi connectivity index (χ1) is 5.71. The number of rotatable bonds is 0. The van der Waals surface area contributed by atoms with Crippen LogP contribution in [0.2, 0.25) is 0 Å². The van der Waals surface area contributed by atoms with E-state index in [9.17, 15) is 9.90 Å². The van der Waals surface area contributed by atoms with Gasteiger partial charge in [0.2, 0.25) is 0 Å². The Kier molecular flexibility index (Phi) is 1.95. The molecular formula is C10H16O2. The fourth-order valence-electron chi connectivity index (χ4n) is 2.69. The number of hydrogen-bond acceptors (Lipinski definition) is 2. The van der Waals surface area contributed by atoms with Gasteiger partial charge in [0.1, 0.15) is 5.78 Å². The fourth-order valence-corrected chi connectivity index (χ4v) is 2.69. The van der Waals surface area contributed by atoms with Crippen molar-refractivity contribution in [2.75, 3.05) is 0 Å². The van der Waals surface area contributed by atoms with Crippen LogP contribution < -0.4 is 0 Å². The highest BCUT2D eigenvalue weighted by Gasteiger charge is 2.42. The lowest BCUT2D eigenvalue weighted by Crippen LogP contribution is -2.31. The Labute approximate surface area is 73.0 Å². The summed E-state index contributed by atoms with van der Waals surface area (Å²) >= 11 is 0. The average Bonchev–Trinajstić information content (AvgIpc) is 2.35. The summed E-state index contributed by atoms with van der Waals surface area (Å²) in [5.41, 5.74) is -0.466. The van der Waals surface area contributed by atoms with E-state index < -0.39 is 5.60 Å². The molecule has 2 nitrogen and oxygen atoms in total. The molecule has 0 aromatic heterocycles. The third kappa shape index (κ3) is 1.28. The van der Waals surface area contributed by atoms with E-state index in [1.165, 1.54) is 0 Å². The molecule has 2 saturated carbocycles. The van der Waals surface area contributed by atoms with E-state index in [2.05, 4.69) is 0 Å². The molecule has 2 aliphatic carbocycles. The zero-order chi connectivity index (χ0) is 8.60. The van der Waals surface area contributed by atoms with Crippen molar-refractivity contribution < 1.29 is 9.90 Å². The molecule has 0 aromatic rings. The molecular weight excluding hydrogens is 152 g/mol. The number of carbonyl (C=O) groups excluding carboxylic acids is 1. The van der Waals surface area contributed by atoms with Gasteiger partial charge in [-0.05, 0) is 31.6 Å². The van der Waals surface area contributed by atoms with E-state index in [4.69, 9.17) is 0 Å². The van der Waals surface area contributed by atoms with Gasteiger partial charge in [-0.15, -0.1) is 0 Å². The van der Waals surface area contributed by atoms with E-state index in [1.807, 2.05) is 0 Å². The topological polar surface area (TPSA) is 37.3 Å². The Balaban J connectivity index is 2.12. The Morgan fingerprint density at radius 3 is 2.92 bits per heavy atom. The number of Topliss-reactive ketones (excluding diaryl/α,β-unsaturated/α-hetero) is 1. The van der Waals surface area contributed by atoms with Crippen LogP contribution in [0.25, 0.3) is 0 Å². The number of ketones is 1. The van der Waals surface area contributed by atoms with Crippen LogP contribution in [0.3, 0.4) is 0 Å². The first-order valence-corrected chi connectivity index (χ1v) is 4.95. The highest BCUT2D eigenvalue weighted by Crippen LogP contribution is 2.43. The molecule has 0 radical (unpaired) electrons. The van der Waals surface area contributed by atoms with Gasteiger partial charge in [0.25, 0.3) is 0 Å². The van der Waals surface area contributed by atoms with Crippen molar-refractivity contribution in [1.29, 1.82) is 0 Å². The van der Waals surface area contributed by atoms with Crippen molar-refractivity contribution in [3.8, 4) is 0 Å². The summed E-state index contributed by atoms with van der Waals surface area (Å²) in [5, 5.41) is 10.2. The van der Waals surface area contributed by atoms with Gasteiger partial charge in [-0.1, -0.05) is 6.42 Å². The van der Waals surface area contributed by atoms with E-state index in [0.717, 1.165) is 32.1 Å². The summed E-state index contributed by atoms with van der Waals surface area (Å²) in [7, 11) is 0. The van der Waals surface area contributed by atoms with Crippen LogP contribution in [0.5, 0.6) is 0 Å². The van der Waals surface area contributed by atoms with Crippen molar-refractivity contribution in [1.82, 2.24) is 0 Å². The van der Waals surface area contributed by atoms with Gasteiger partial charge < -0.3 is 5.11 Å². The monoisotopic (exact) mass is 168 g/mol. The molecule has 2 aliphatic rings. The van der Waals surface area contributed by atoms with E-state index >= 15 is 0 Å². The van der Waals surface area contributed by atoms with Crippen molar-refractivity contribution in [3.05, 3.63) is 0 Å². The molecule has 2 heteroatoms. The molecule has 0 unspecified atom stereocenters. The number of hydrogen-bond donors (Lipinski definition) is 1. The Morgan fingerprint density at radius 2 is 2.08 bits per heavy atom. The molecule has 2 fully saturated rings. The largest absolute Gasteiger partial charge is 0.390 e. The molecule has 0 aromatic carbocycles. The van der Waals surface area contributed by atoms with E-state index in [0.29, 0.717) is 24.5 Å². The predicted octanol–water partition coefficient (Wildman–Crippen LogP) is 1.66. The minimum absolute atomic E-state index is 0.345. The SMILES string of the molecule is O=C1CC[C@H]2CCC[C@]2(O)CC1. The molecule has 2 rings (SSSR count). The van der Waals surface area contributed by atoms with Gasteiger partial charge >= 0.3 is 0 Å². The summed E-state index contributed by atoms with van der Waals surface area (Å²) in [5.74, 6) is 0.766. The second kappa shape index (κ2) is 2.84. The normalized spacial score (nSPS) is 42.4. The van der Waals surface area contributed by atoms with Gasteiger partial charge in [-0.25, -0.2) is 0 Å². The standard InChI is InChI=1S/C10H16O2/c11-9-4-3-8-2-1-6-10(8,12)7-5-9/h8,12H,1-7H2/t8-,10+/m1/s1.